The average Bonchev–Trinajstić information content (AvgIpc) is 3.06. The Bertz CT molecular complexity index is 1030. The Hall–Kier alpha value is -2.69. The van der Waals surface area contributed by atoms with Gasteiger partial charge in [-0.25, -0.2) is 4.79 Å². The number of benzene rings is 2. The van der Waals surface area contributed by atoms with Crippen LogP contribution >= 0.6 is 11.6 Å². The van der Waals surface area contributed by atoms with Crippen molar-refractivity contribution in [2.45, 2.75) is 43.5 Å². The predicted molar refractivity (Wildman–Crippen MR) is 113 cm³/mol. The first-order chi connectivity index (χ1) is 15.2. The number of aliphatic hydroxyl groups is 3. The fourth-order valence-corrected chi connectivity index (χ4v) is 4.14. The zero-order valence-corrected chi connectivity index (χ0v) is 17.9. The molecule has 5 atom stereocenters. The summed E-state index contributed by atoms with van der Waals surface area (Å²) >= 11 is 6.38. The van der Waals surface area contributed by atoms with Crippen LogP contribution in [0.5, 0.6) is 5.75 Å². The van der Waals surface area contributed by atoms with E-state index in [2.05, 4.69) is 5.32 Å². The molecular formula is C22H23ClN2O7. The number of carbonyl (C=O) groups excluding carboxylic acids is 2. The third-order valence-corrected chi connectivity index (χ3v) is 5.97. The predicted octanol–water partition coefficient (Wildman–Crippen LogP) is 1.02. The maximum atomic E-state index is 12.3. The van der Waals surface area contributed by atoms with Crippen LogP contribution in [-0.2, 0) is 16.0 Å². The summed E-state index contributed by atoms with van der Waals surface area (Å²) in [6.07, 6.45) is -5.91. The van der Waals surface area contributed by atoms with Crippen LogP contribution in [0.15, 0.2) is 42.5 Å². The number of hydrogen-bond acceptors (Lipinski definition) is 7. The summed E-state index contributed by atoms with van der Waals surface area (Å²) in [5.41, 5.74) is -0.109. The number of hydrogen-bond donors (Lipinski definition) is 5. The molecular weight excluding hydrogens is 440 g/mol. The molecule has 2 aliphatic rings. The maximum absolute atomic E-state index is 12.3. The van der Waals surface area contributed by atoms with Crippen LogP contribution in [0, 0.1) is 0 Å². The van der Waals surface area contributed by atoms with E-state index in [1.165, 1.54) is 0 Å². The molecule has 10 heteroatoms. The number of amides is 3. The quantitative estimate of drug-likeness (QED) is 0.418. The molecule has 0 saturated carbocycles. The summed E-state index contributed by atoms with van der Waals surface area (Å²) in [6, 6.07) is 11.6. The van der Waals surface area contributed by atoms with Gasteiger partial charge in [0.15, 0.2) is 0 Å². The molecule has 0 bridgehead atoms. The summed E-state index contributed by atoms with van der Waals surface area (Å²) in [5.74, 6) is -0.195. The Morgan fingerprint density at radius 1 is 1.09 bits per heavy atom. The number of nitrogens with one attached hydrogen (secondary N) is 2. The molecule has 32 heavy (non-hydrogen) atoms. The highest BCUT2D eigenvalue weighted by molar-refractivity contribution is 6.31. The lowest BCUT2D eigenvalue weighted by Crippen LogP contribution is -2.69. The number of rotatable bonds is 5. The second-order valence-electron chi connectivity index (χ2n) is 7.71. The molecule has 0 aliphatic carbocycles. The molecule has 1 spiro atoms. The van der Waals surface area contributed by atoms with Crippen LogP contribution in [0.2, 0.25) is 5.02 Å². The topological polar surface area (TPSA) is 137 Å². The SMILES string of the molecule is CCOc1ccc(Cc2cc([C@@H]3OC4(NC(=O)NC4=O)[C@@H](O)[C@H](O)[C@H]3O)ccc2Cl)cc1. The second-order valence-corrected chi connectivity index (χ2v) is 8.12. The van der Waals surface area contributed by atoms with Crippen LogP contribution in [0.3, 0.4) is 0 Å². The lowest BCUT2D eigenvalue weighted by molar-refractivity contribution is -0.264. The molecule has 2 fully saturated rings. The number of urea groups is 1. The number of aliphatic hydroxyl groups excluding tert-OH is 3. The van der Waals surface area contributed by atoms with Crippen LogP contribution in [0.4, 0.5) is 4.79 Å². The Labute approximate surface area is 188 Å². The Kier molecular flexibility index (Phi) is 6.11. The highest BCUT2D eigenvalue weighted by Gasteiger charge is 2.62. The van der Waals surface area contributed by atoms with Gasteiger partial charge < -0.3 is 24.8 Å². The number of halogens is 1. The van der Waals surface area contributed by atoms with Gasteiger partial charge in [0, 0.05) is 5.02 Å². The van der Waals surface area contributed by atoms with Crippen LogP contribution in [-0.4, -0.2) is 57.9 Å². The van der Waals surface area contributed by atoms with Crippen LogP contribution < -0.4 is 15.4 Å². The van der Waals surface area contributed by atoms with Gasteiger partial charge in [-0.2, -0.15) is 0 Å². The fourth-order valence-electron chi connectivity index (χ4n) is 3.95. The minimum atomic E-state index is -2.21. The van der Waals surface area contributed by atoms with E-state index in [0.29, 0.717) is 23.6 Å². The van der Waals surface area contributed by atoms with Crippen molar-refractivity contribution in [3.63, 3.8) is 0 Å². The van der Waals surface area contributed by atoms with E-state index in [1.807, 2.05) is 36.5 Å². The zero-order valence-electron chi connectivity index (χ0n) is 17.1. The van der Waals surface area contributed by atoms with Gasteiger partial charge in [-0.1, -0.05) is 35.9 Å². The van der Waals surface area contributed by atoms with Gasteiger partial charge >= 0.3 is 6.03 Å². The molecule has 2 aliphatic heterocycles. The van der Waals surface area contributed by atoms with Gasteiger partial charge in [0.25, 0.3) is 11.6 Å². The standard InChI is InChI=1S/C22H23ClN2O7/c1-2-31-14-6-3-11(4-7-14)9-13-10-12(5-8-15(13)23)18-16(26)17(27)19(28)22(32-18)20(29)24-21(30)25-22/h3-8,10,16-19,26-28H,2,9H2,1H3,(H2,24,25,29,30)/t16-,17-,18+,19+,22?/m1/s1. The van der Waals surface area contributed by atoms with Crippen molar-refractivity contribution in [2.24, 2.45) is 0 Å². The van der Waals surface area contributed by atoms with E-state index in [1.54, 1.807) is 18.2 Å². The molecule has 0 radical (unpaired) electrons. The first kappa shape index (κ1) is 22.5. The van der Waals surface area contributed by atoms with Crippen molar-refractivity contribution < 1.29 is 34.4 Å². The fraction of sp³-hybridized carbons (Fsp3) is 0.364. The van der Waals surface area contributed by atoms with Crippen molar-refractivity contribution in [1.82, 2.24) is 10.6 Å². The molecule has 2 aromatic carbocycles. The van der Waals surface area contributed by atoms with E-state index < -0.39 is 42.1 Å². The van der Waals surface area contributed by atoms with Crippen LogP contribution in [0.1, 0.15) is 29.7 Å². The van der Waals surface area contributed by atoms with Crippen molar-refractivity contribution in [3.05, 3.63) is 64.2 Å². The molecule has 4 rings (SSSR count). The summed E-state index contributed by atoms with van der Waals surface area (Å²) in [6.45, 7) is 2.47. The molecule has 170 valence electrons. The van der Waals surface area contributed by atoms with Gasteiger partial charge in [-0.15, -0.1) is 0 Å². The van der Waals surface area contributed by atoms with E-state index in [0.717, 1.165) is 16.9 Å². The Morgan fingerprint density at radius 2 is 1.81 bits per heavy atom. The molecule has 0 aromatic heterocycles. The third-order valence-electron chi connectivity index (χ3n) is 5.60. The number of carbonyl (C=O) groups is 2. The average molecular weight is 463 g/mol. The molecule has 2 heterocycles. The lowest BCUT2D eigenvalue weighted by atomic mass is 9.87. The molecule has 5 N–H and O–H groups in total. The molecule has 1 unspecified atom stereocenters. The highest BCUT2D eigenvalue weighted by Crippen LogP contribution is 2.39. The Balaban J connectivity index is 1.63. The molecule has 3 amide bonds. The minimum Gasteiger partial charge on any atom is -0.494 e. The van der Waals surface area contributed by atoms with E-state index in [-0.39, 0.29) is 0 Å². The van der Waals surface area contributed by atoms with Gasteiger partial charge in [0.2, 0.25) is 0 Å². The Morgan fingerprint density at radius 3 is 2.44 bits per heavy atom. The smallest absolute Gasteiger partial charge is 0.324 e. The summed E-state index contributed by atoms with van der Waals surface area (Å²) in [5, 5.41) is 36.0. The second kappa shape index (κ2) is 8.68. The summed E-state index contributed by atoms with van der Waals surface area (Å²) in [7, 11) is 0. The zero-order chi connectivity index (χ0) is 23.0. The minimum absolute atomic E-state index is 0.419. The van der Waals surface area contributed by atoms with E-state index in [4.69, 9.17) is 21.1 Å². The van der Waals surface area contributed by atoms with Crippen molar-refractivity contribution in [2.75, 3.05) is 6.61 Å². The highest BCUT2D eigenvalue weighted by atomic mass is 35.5. The number of ether oxygens (including phenoxy) is 2. The summed E-state index contributed by atoms with van der Waals surface area (Å²) < 4.78 is 11.2. The van der Waals surface area contributed by atoms with Gasteiger partial charge in [0.1, 0.15) is 30.2 Å². The first-order valence-electron chi connectivity index (χ1n) is 10.1. The lowest BCUT2D eigenvalue weighted by Gasteiger charge is -2.45. The monoisotopic (exact) mass is 462 g/mol. The normalized spacial score (nSPS) is 29.7. The van der Waals surface area contributed by atoms with Gasteiger partial charge in [-0.3, -0.25) is 15.4 Å². The van der Waals surface area contributed by atoms with Crippen LogP contribution in [0.25, 0.3) is 0 Å². The molecule has 2 saturated heterocycles. The van der Waals surface area contributed by atoms with Crippen molar-refractivity contribution >= 4 is 23.5 Å². The number of imide groups is 1. The van der Waals surface area contributed by atoms with E-state index in [9.17, 15) is 24.9 Å². The van der Waals surface area contributed by atoms with Crippen molar-refractivity contribution in [3.8, 4) is 5.75 Å². The molecule has 2 aromatic rings. The van der Waals surface area contributed by atoms with Gasteiger partial charge in [-0.05, 0) is 48.2 Å². The first-order valence-corrected chi connectivity index (χ1v) is 10.5. The summed E-state index contributed by atoms with van der Waals surface area (Å²) in [4.78, 5) is 24.0. The van der Waals surface area contributed by atoms with Gasteiger partial charge in [0.05, 0.1) is 6.61 Å². The largest absolute Gasteiger partial charge is 0.494 e. The van der Waals surface area contributed by atoms with E-state index >= 15 is 0 Å². The third kappa shape index (κ3) is 3.94. The van der Waals surface area contributed by atoms with Crippen molar-refractivity contribution in [1.29, 1.82) is 0 Å². The maximum Gasteiger partial charge on any atom is 0.324 e. The molecule has 9 nitrogen and oxygen atoms in total.